The van der Waals surface area contributed by atoms with Crippen LogP contribution in [0.4, 0.5) is 0 Å². The predicted molar refractivity (Wildman–Crippen MR) is 98.7 cm³/mol. The molecule has 0 saturated carbocycles. The zero-order chi connectivity index (χ0) is 18.8. The van der Waals surface area contributed by atoms with Gasteiger partial charge in [-0.3, -0.25) is 9.63 Å². The Bertz CT molecular complexity index is 493. The normalized spacial score (nSPS) is 14.2. The van der Waals surface area contributed by atoms with E-state index in [-0.39, 0.29) is 18.4 Å². The average Bonchev–Trinajstić information content (AvgIpc) is 2.61. The summed E-state index contributed by atoms with van der Waals surface area (Å²) in [6.07, 6.45) is 0. The Morgan fingerprint density at radius 1 is 1.38 bits per heavy atom. The summed E-state index contributed by atoms with van der Waals surface area (Å²) in [5.74, 6) is 0.123. The molecule has 1 aromatic carbocycles. The molecule has 0 spiro atoms. The van der Waals surface area contributed by atoms with Gasteiger partial charge in [0.2, 0.25) is 0 Å². The monoisotopic (exact) mass is 338 g/mol. The fourth-order valence-electron chi connectivity index (χ4n) is 2.22. The van der Waals surface area contributed by atoms with E-state index in [2.05, 4.69) is 0 Å². The van der Waals surface area contributed by atoms with E-state index in [1.165, 1.54) is 12.2 Å². The van der Waals surface area contributed by atoms with Crippen molar-refractivity contribution in [3.63, 3.8) is 0 Å². The molecule has 1 aromatic rings. The summed E-state index contributed by atoms with van der Waals surface area (Å²) >= 11 is 0. The van der Waals surface area contributed by atoms with Crippen molar-refractivity contribution in [2.24, 2.45) is 11.7 Å². The molecule has 5 heteroatoms. The zero-order valence-corrected chi connectivity index (χ0v) is 16.3. The molecule has 0 aliphatic rings. The van der Waals surface area contributed by atoms with E-state index < -0.39 is 5.41 Å². The molecular weight excluding hydrogens is 304 g/mol. The molecule has 2 unspecified atom stereocenters. The van der Waals surface area contributed by atoms with Gasteiger partial charge in [-0.2, -0.15) is 0 Å². The summed E-state index contributed by atoms with van der Waals surface area (Å²) in [4.78, 5) is 17.8. The number of benzene rings is 1. The van der Waals surface area contributed by atoms with Crippen LogP contribution in [0.15, 0.2) is 24.3 Å². The standard InChI is InChI=1S/C17H28N2O3.C2H6/c1-13-7-6-8-15(9-13)17(3,16(20)19(4)21-5)12-22-11-14(2)10-18;1-2/h6-9,14H,10-12,18H2,1-5H3;1-2H3. The Balaban J connectivity index is 0.00000254. The summed E-state index contributed by atoms with van der Waals surface area (Å²) in [7, 11) is 3.09. The molecule has 0 aliphatic heterocycles. The number of hydrogen-bond acceptors (Lipinski definition) is 4. The van der Waals surface area contributed by atoms with Gasteiger partial charge in [-0.05, 0) is 31.9 Å². The molecule has 1 amide bonds. The number of aryl methyl sites for hydroxylation is 1. The van der Waals surface area contributed by atoms with E-state index in [1.54, 1.807) is 7.05 Å². The first-order chi connectivity index (χ1) is 11.3. The van der Waals surface area contributed by atoms with Gasteiger partial charge in [0, 0.05) is 7.05 Å². The maximum absolute atomic E-state index is 12.7. The number of amides is 1. The molecule has 0 aliphatic carbocycles. The highest BCUT2D eigenvalue weighted by Crippen LogP contribution is 2.27. The lowest BCUT2D eigenvalue weighted by Crippen LogP contribution is -2.46. The highest BCUT2D eigenvalue weighted by Gasteiger charge is 2.38. The third-order valence-corrected chi connectivity index (χ3v) is 3.88. The van der Waals surface area contributed by atoms with Crippen LogP contribution in [-0.2, 0) is 19.8 Å². The van der Waals surface area contributed by atoms with Crippen molar-refractivity contribution in [1.29, 1.82) is 0 Å². The number of nitrogens with two attached hydrogens (primary N) is 1. The SMILES string of the molecule is CC.CON(C)C(=O)C(C)(COCC(C)CN)c1cccc(C)c1. The van der Waals surface area contributed by atoms with Crippen molar-refractivity contribution in [3.8, 4) is 0 Å². The van der Waals surface area contributed by atoms with E-state index in [1.807, 2.05) is 58.9 Å². The predicted octanol–water partition coefficient (Wildman–Crippen LogP) is 2.91. The Morgan fingerprint density at radius 2 is 2.00 bits per heavy atom. The van der Waals surface area contributed by atoms with Crippen LogP contribution >= 0.6 is 0 Å². The maximum atomic E-state index is 12.7. The lowest BCUT2D eigenvalue weighted by molar-refractivity contribution is -0.177. The third kappa shape index (κ3) is 6.23. The van der Waals surface area contributed by atoms with Crippen molar-refractivity contribution in [3.05, 3.63) is 35.4 Å². The van der Waals surface area contributed by atoms with Crippen molar-refractivity contribution in [1.82, 2.24) is 5.06 Å². The molecule has 5 nitrogen and oxygen atoms in total. The quantitative estimate of drug-likeness (QED) is 0.740. The Hall–Kier alpha value is -1.43. The number of hydroxylamine groups is 2. The number of nitrogens with zero attached hydrogens (tertiary/aromatic N) is 1. The fraction of sp³-hybridized carbons (Fsp3) is 0.632. The lowest BCUT2D eigenvalue weighted by atomic mass is 9.81. The molecule has 0 bridgehead atoms. The molecule has 138 valence electrons. The van der Waals surface area contributed by atoms with Crippen LogP contribution in [0, 0.1) is 12.8 Å². The van der Waals surface area contributed by atoms with E-state index in [4.69, 9.17) is 15.3 Å². The van der Waals surface area contributed by atoms with Gasteiger partial charge in [-0.25, -0.2) is 5.06 Å². The van der Waals surface area contributed by atoms with Crippen molar-refractivity contribution in [2.75, 3.05) is 33.9 Å². The third-order valence-electron chi connectivity index (χ3n) is 3.88. The van der Waals surface area contributed by atoms with Crippen molar-refractivity contribution < 1.29 is 14.4 Å². The van der Waals surface area contributed by atoms with E-state index in [0.29, 0.717) is 13.2 Å². The summed E-state index contributed by atoms with van der Waals surface area (Å²) in [5.41, 5.74) is 6.83. The van der Waals surface area contributed by atoms with Gasteiger partial charge >= 0.3 is 0 Å². The Labute approximate surface area is 147 Å². The Kier molecular flexibility index (Phi) is 10.5. The van der Waals surface area contributed by atoms with Crippen LogP contribution in [0.3, 0.4) is 0 Å². The highest BCUT2D eigenvalue weighted by atomic mass is 16.7. The summed E-state index contributed by atoms with van der Waals surface area (Å²) in [6, 6.07) is 7.92. The molecular formula is C19H34N2O3. The van der Waals surface area contributed by atoms with Gasteiger partial charge < -0.3 is 10.5 Å². The van der Waals surface area contributed by atoms with E-state index >= 15 is 0 Å². The largest absolute Gasteiger partial charge is 0.380 e. The zero-order valence-electron chi connectivity index (χ0n) is 16.3. The van der Waals surface area contributed by atoms with E-state index in [0.717, 1.165) is 11.1 Å². The molecule has 2 N–H and O–H groups in total. The second kappa shape index (κ2) is 11.2. The number of hydrogen-bond donors (Lipinski definition) is 1. The first-order valence-corrected chi connectivity index (χ1v) is 8.52. The lowest BCUT2D eigenvalue weighted by Gasteiger charge is -2.32. The fourth-order valence-corrected chi connectivity index (χ4v) is 2.22. The van der Waals surface area contributed by atoms with Gasteiger partial charge in [0.15, 0.2) is 0 Å². The topological polar surface area (TPSA) is 64.8 Å². The molecule has 24 heavy (non-hydrogen) atoms. The van der Waals surface area contributed by atoms with Crippen LogP contribution in [0.1, 0.15) is 38.8 Å². The van der Waals surface area contributed by atoms with Gasteiger partial charge in [0.25, 0.3) is 5.91 Å². The van der Waals surface area contributed by atoms with Crippen LogP contribution in [0.25, 0.3) is 0 Å². The first-order valence-electron chi connectivity index (χ1n) is 8.52. The minimum Gasteiger partial charge on any atom is -0.380 e. The minimum atomic E-state index is -0.800. The molecule has 0 saturated heterocycles. The summed E-state index contributed by atoms with van der Waals surface area (Å²) in [6.45, 7) is 11.3. The van der Waals surface area contributed by atoms with Crippen LogP contribution in [-0.4, -0.2) is 44.9 Å². The van der Waals surface area contributed by atoms with Crippen LogP contribution in [0.5, 0.6) is 0 Å². The summed E-state index contributed by atoms with van der Waals surface area (Å²) < 4.78 is 5.78. The highest BCUT2D eigenvalue weighted by molar-refractivity contribution is 5.87. The number of carbonyl (C=O) groups is 1. The smallest absolute Gasteiger partial charge is 0.258 e. The molecule has 0 aromatic heterocycles. The maximum Gasteiger partial charge on any atom is 0.258 e. The van der Waals surface area contributed by atoms with Crippen LogP contribution in [0.2, 0.25) is 0 Å². The average molecular weight is 338 g/mol. The Morgan fingerprint density at radius 3 is 2.50 bits per heavy atom. The number of ether oxygens (including phenoxy) is 1. The molecule has 0 heterocycles. The molecule has 1 rings (SSSR count). The second-order valence-corrected chi connectivity index (χ2v) is 6.04. The minimum absolute atomic E-state index is 0.138. The van der Waals surface area contributed by atoms with Gasteiger partial charge in [0.05, 0.1) is 25.7 Å². The second-order valence-electron chi connectivity index (χ2n) is 6.04. The van der Waals surface area contributed by atoms with E-state index in [9.17, 15) is 4.79 Å². The van der Waals surface area contributed by atoms with Crippen LogP contribution < -0.4 is 5.73 Å². The number of likely N-dealkylation sites (N-methyl/N-ethyl adjacent to an activating group) is 1. The van der Waals surface area contributed by atoms with Gasteiger partial charge in [-0.15, -0.1) is 0 Å². The van der Waals surface area contributed by atoms with Crippen molar-refractivity contribution in [2.45, 2.75) is 40.0 Å². The number of rotatable bonds is 8. The van der Waals surface area contributed by atoms with Gasteiger partial charge in [-0.1, -0.05) is 50.6 Å². The summed E-state index contributed by atoms with van der Waals surface area (Å²) in [5, 5.41) is 1.25. The molecule has 0 radical (unpaired) electrons. The molecule has 2 atom stereocenters. The molecule has 0 fully saturated rings. The van der Waals surface area contributed by atoms with Gasteiger partial charge in [0.1, 0.15) is 0 Å². The van der Waals surface area contributed by atoms with Crippen molar-refractivity contribution >= 4 is 5.91 Å². The first kappa shape index (κ1) is 22.6. The number of carbonyl (C=O) groups excluding carboxylic acids is 1.